The predicted octanol–water partition coefficient (Wildman–Crippen LogP) is 0.869. The number of hydrogen-bond donors (Lipinski definition) is 1. The van der Waals surface area contributed by atoms with Gasteiger partial charge in [0.25, 0.3) is 0 Å². The lowest BCUT2D eigenvalue weighted by Crippen LogP contribution is -2.25. The number of nitriles is 1. The molecule has 0 radical (unpaired) electrons. The van der Waals surface area contributed by atoms with Gasteiger partial charge in [0.05, 0.1) is 12.5 Å². The quantitative estimate of drug-likeness (QED) is 0.691. The Hall–Kier alpha value is -1.82. The van der Waals surface area contributed by atoms with E-state index in [1.807, 2.05) is 36.4 Å². The molecule has 3 heteroatoms. The maximum Gasteiger partial charge on any atom is 0.225 e. The van der Waals surface area contributed by atoms with Crippen LogP contribution >= 0.6 is 0 Å². The van der Waals surface area contributed by atoms with Gasteiger partial charge in [0, 0.05) is 0 Å². The molecule has 1 aromatic carbocycles. The van der Waals surface area contributed by atoms with Gasteiger partial charge in [-0.25, -0.2) is 0 Å². The van der Waals surface area contributed by atoms with E-state index in [0.717, 1.165) is 5.56 Å². The lowest BCUT2D eigenvalue weighted by Gasteiger charge is -2.00. The van der Waals surface area contributed by atoms with Crippen molar-refractivity contribution in [2.75, 3.05) is 6.54 Å². The van der Waals surface area contributed by atoms with Gasteiger partial charge in [0.15, 0.2) is 0 Å². The van der Waals surface area contributed by atoms with E-state index in [-0.39, 0.29) is 12.5 Å². The van der Waals surface area contributed by atoms with Crippen LogP contribution in [0.25, 0.3) is 0 Å². The van der Waals surface area contributed by atoms with Crippen LogP contribution in [0.2, 0.25) is 0 Å². The van der Waals surface area contributed by atoms with E-state index >= 15 is 0 Å². The first kappa shape index (κ1) is 9.27. The molecule has 0 heterocycles. The fourth-order valence-corrected chi connectivity index (χ4v) is 0.982. The summed E-state index contributed by atoms with van der Waals surface area (Å²) in [5.41, 5.74) is 0.956. The van der Waals surface area contributed by atoms with Crippen LogP contribution in [-0.2, 0) is 11.2 Å². The summed E-state index contributed by atoms with van der Waals surface area (Å²) in [6.45, 7) is 0.0751. The summed E-state index contributed by atoms with van der Waals surface area (Å²) < 4.78 is 0. The average molecular weight is 174 g/mol. The smallest absolute Gasteiger partial charge is 0.225 e. The highest BCUT2D eigenvalue weighted by molar-refractivity contribution is 5.78. The molecule has 13 heavy (non-hydrogen) atoms. The summed E-state index contributed by atoms with van der Waals surface area (Å²) in [6.07, 6.45) is 0.336. The molecule has 0 unspecified atom stereocenters. The number of amides is 1. The van der Waals surface area contributed by atoms with Gasteiger partial charge >= 0.3 is 0 Å². The van der Waals surface area contributed by atoms with Crippen molar-refractivity contribution in [3.8, 4) is 6.07 Å². The van der Waals surface area contributed by atoms with Crippen molar-refractivity contribution in [1.82, 2.24) is 5.32 Å². The second-order valence-electron chi connectivity index (χ2n) is 2.60. The van der Waals surface area contributed by atoms with Crippen LogP contribution in [0.4, 0.5) is 0 Å². The molecule has 0 aliphatic carbocycles. The van der Waals surface area contributed by atoms with Crippen LogP contribution in [0.5, 0.6) is 0 Å². The molecule has 0 aliphatic rings. The third-order valence-electron chi connectivity index (χ3n) is 1.57. The van der Waals surface area contributed by atoms with E-state index in [0.29, 0.717) is 6.42 Å². The molecule has 1 aromatic rings. The van der Waals surface area contributed by atoms with Crippen LogP contribution in [0.15, 0.2) is 30.3 Å². The summed E-state index contributed by atoms with van der Waals surface area (Å²) in [7, 11) is 0. The van der Waals surface area contributed by atoms with Gasteiger partial charge in [-0.15, -0.1) is 0 Å². The molecule has 0 atom stereocenters. The molecule has 1 rings (SSSR count). The van der Waals surface area contributed by atoms with Gasteiger partial charge in [-0.05, 0) is 5.56 Å². The fraction of sp³-hybridized carbons (Fsp3) is 0.200. The van der Waals surface area contributed by atoms with E-state index < -0.39 is 0 Å². The van der Waals surface area contributed by atoms with E-state index in [4.69, 9.17) is 5.26 Å². The molecule has 66 valence electrons. The summed E-state index contributed by atoms with van der Waals surface area (Å²) in [5, 5.41) is 10.7. The van der Waals surface area contributed by atoms with Crippen molar-refractivity contribution in [2.24, 2.45) is 0 Å². The molecule has 3 nitrogen and oxygen atoms in total. The van der Waals surface area contributed by atoms with Crippen LogP contribution < -0.4 is 5.32 Å². The maximum absolute atomic E-state index is 11.1. The van der Waals surface area contributed by atoms with Crippen molar-refractivity contribution in [3.05, 3.63) is 35.9 Å². The van der Waals surface area contributed by atoms with E-state index in [2.05, 4.69) is 5.32 Å². The normalized spacial score (nSPS) is 8.85. The Morgan fingerprint density at radius 1 is 1.38 bits per heavy atom. The molecule has 0 fully saturated rings. The van der Waals surface area contributed by atoms with Gasteiger partial charge in [0.2, 0.25) is 5.91 Å². The summed E-state index contributed by atoms with van der Waals surface area (Å²) in [4.78, 5) is 11.1. The second kappa shape index (κ2) is 4.94. The lowest BCUT2D eigenvalue weighted by molar-refractivity contribution is -0.120. The van der Waals surface area contributed by atoms with Crippen molar-refractivity contribution in [2.45, 2.75) is 6.42 Å². The topological polar surface area (TPSA) is 52.9 Å². The predicted molar refractivity (Wildman–Crippen MR) is 48.8 cm³/mol. The van der Waals surface area contributed by atoms with Crippen LogP contribution in [-0.4, -0.2) is 12.5 Å². The largest absolute Gasteiger partial charge is 0.343 e. The van der Waals surface area contributed by atoms with Gasteiger partial charge in [-0.2, -0.15) is 5.26 Å². The Kier molecular flexibility index (Phi) is 3.52. The minimum atomic E-state index is -0.118. The van der Waals surface area contributed by atoms with Crippen molar-refractivity contribution < 1.29 is 4.79 Å². The van der Waals surface area contributed by atoms with E-state index in [1.54, 1.807) is 0 Å². The number of nitrogens with zero attached hydrogens (tertiary/aromatic N) is 1. The van der Waals surface area contributed by atoms with E-state index in [1.165, 1.54) is 0 Å². The number of hydrogen-bond acceptors (Lipinski definition) is 2. The minimum absolute atomic E-state index is 0.0751. The minimum Gasteiger partial charge on any atom is -0.343 e. The molecule has 0 bridgehead atoms. The Labute approximate surface area is 77.0 Å². The Morgan fingerprint density at radius 3 is 2.69 bits per heavy atom. The maximum atomic E-state index is 11.1. The summed E-state index contributed by atoms with van der Waals surface area (Å²) in [5.74, 6) is -0.118. The first-order valence-electron chi connectivity index (χ1n) is 4.00. The molecule has 0 aliphatic heterocycles. The second-order valence-corrected chi connectivity index (χ2v) is 2.60. The lowest BCUT2D eigenvalue weighted by atomic mass is 10.1. The van der Waals surface area contributed by atoms with Crippen LogP contribution in [0, 0.1) is 11.3 Å². The average Bonchev–Trinajstić information content (AvgIpc) is 2.16. The molecular formula is C10H10N2O. The number of benzene rings is 1. The van der Waals surface area contributed by atoms with Gasteiger partial charge in [0.1, 0.15) is 6.54 Å². The first-order chi connectivity index (χ1) is 6.33. The SMILES string of the molecule is N#CCNC(=O)Cc1ccccc1. The Bertz CT molecular complexity index is 313. The fourth-order valence-electron chi connectivity index (χ4n) is 0.982. The van der Waals surface area contributed by atoms with Gasteiger partial charge in [-0.3, -0.25) is 4.79 Å². The standard InChI is InChI=1S/C10H10N2O/c11-6-7-12-10(13)8-9-4-2-1-3-5-9/h1-5H,7-8H2,(H,12,13). The third kappa shape index (κ3) is 3.39. The first-order valence-corrected chi connectivity index (χ1v) is 4.00. The van der Waals surface area contributed by atoms with Crippen molar-refractivity contribution in [3.63, 3.8) is 0 Å². The summed E-state index contributed by atoms with van der Waals surface area (Å²) in [6, 6.07) is 11.3. The number of carbonyl (C=O) groups is 1. The van der Waals surface area contributed by atoms with E-state index in [9.17, 15) is 4.79 Å². The highest BCUT2D eigenvalue weighted by atomic mass is 16.1. The molecule has 1 N–H and O–H groups in total. The monoisotopic (exact) mass is 174 g/mol. The molecule has 1 amide bonds. The molecule has 0 saturated carbocycles. The van der Waals surface area contributed by atoms with Crippen LogP contribution in [0.3, 0.4) is 0 Å². The van der Waals surface area contributed by atoms with Crippen molar-refractivity contribution in [1.29, 1.82) is 5.26 Å². The summed E-state index contributed by atoms with van der Waals surface area (Å²) >= 11 is 0. The molecular weight excluding hydrogens is 164 g/mol. The van der Waals surface area contributed by atoms with Crippen molar-refractivity contribution >= 4 is 5.91 Å². The molecule has 0 spiro atoms. The number of carbonyl (C=O) groups excluding carboxylic acids is 1. The Morgan fingerprint density at radius 2 is 2.08 bits per heavy atom. The zero-order valence-corrected chi connectivity index (χ0v) is 7.16. The third-order valence-corrected chi connectivity index (χ3v) is 1.57. The number of rotatable bonds is 3. The van der Waals surface area contributed by atoms with Gasteiger partial charge in [-0.1, -0.05) is 30.3 Å². The zero-order chi connectivity index (χ0) is 9.52. The zero-order valence-electron chi connectivity index (χ0n) is 7.16. The molecule has 0 saturated heterocycles. The van der Waals surface area contributed by atoms with Crippen LogP contribution in [0.1, 0.15) is 5.56 Å². The van der Waals surface area contributed by atoms with Gasteiger partial charge < -0.3 is 5.32 Å². The Balaban J connectivity index is 2.42. The molecule has 0 aromatic heterocycles. The number of nitrogens with one attached hydrogen (secondary N) is 1. The highest BCUT2D eigenvalue weighted by Gasteiger charge is 2.00. The highest BCUT2D eigenvalue weighted by Crippen LogP contribution is 1.98.